The first-order valence-corrected chi connectivity index (χ1v) is 20.0. The fourth-order valence-corrected chi connectivity index (χ4v) is 7.51. The minimum atomic E-state index is -0.379. The summed E-state index contributed by atoms with van der Waals surface area (Å²) >= 11 is 0. The lowest BCUT2D eigenvalue weighted by molar-refractivity contribution is -0.384. The number of rotatable bonds is 15. The molecule has 7 aromatic carbocycles. The van der Waals surface area contributed by atoms with Crippen molar-refractivity contribution in [3.8, 4) is 0 Å². The quantitative estimate of drug-likeness (QED) is 0.0591. The van der Waals surface area contributed by atoms with Gasteiger partial charge in [0.15, 0.2) is 0 Å². The van der Waals surface area contributed by atoms with E-state index in [4.69, 9.17) is 4.74 Å². The molecule has 0 N–H and O–H groups in total. The van der Waals surface area contributed by atoms with Crippen LogP contribution in [0.1, 0.15) is 58.7 Å². The summed E-state index contributed by atoms with van der Waals surface area (Å²) in [5.41, 5.74) is 14.6. The standard InChI is InChI=1S/C52H51N3O3/c1-38-7-21-45(22-8-38)53(46-23-9-39(2)10-24-46)49-31-17-43(18-32-49)52(5,35-6-36-58-37-42-15-29-51(30-16-42)55(56)57)44-19-33-50(34-20-44)54(47-25-11-40(3)12-26-47)48-27-13-41(4)14-28-48/h7-34H,6,35-37H2,1-5H3. The van der Waals surface area contributed by atoms with Gasteiger partial charge in [-0.15, -0.1) is 0 Å². The number of non-ortho nitro benzene ring substituents is 1. The highest BCUT2D eigenvalue weighted by Gasteiger charge is 2.29. The molecule has 0 unspecified atom stereocenters. The van der Waals surface area contributed by atoms with Crippen molar-refractivity contribution in [3.05, 3.63) is 219 Å². The molecule has 0 aliphatic carbocycles. The molecule has 0 aliphatic heterocycles. The molecule has 0 radical (unpaired) electrons. The fraction of sp³-hybridized carbons (Fsp3) is 0.192. The van der Waals surface area contributed by atoms with Gasteiger partial charge < -0.3 is 14.5 Å². The van der Waals surface area contributed by atoms with Gasteiger partial charge in [0.2, 0.25) is 0 Å². The van der Waals surface area contributed by atoms with Crippen LogP contribution < -0.4 is 9.80 Å². The van der Waals surface area contributed by atoms with Crippen LogP contribution in [0.5, 0.6) is 0 Å². The van der Waals surface area contributed by atoms with Gasteiger partial charge in [-0.2, -0.15) is 0 Å². The number of hydrogen-bond donors (Lipinski definition) is 0. The van der Waals surface area contributed by atoms with E-state index < -0.39 is 0 Å². The van der Waals surface area contributed by atoms with Crippen molar-refractivity contribution >= 4 is 39.8 Å². The van der Waals surface area contributed by atoms with E-state index in [1.807, 2.05) is 0 Å². The van der Waals surface area contributed by atoms with Crippen LogP contribution in [0.3, 0.4) is 0 Å². The van der Waals surface area contributed by atoms with E-state index in [-0.39, 0.29) is 16.0 Å². The molecule has 292 valence electrons. The molecule has 0 aliphatic rings. The van der Waals surface area contributed by atoms with Gasteiger partial charge in [-0.1, -0.05) is 102 Å². The van der Waals surface area contributed by atoms with E-state index in [0.717, 1.165) is 52.5 Å². The predicted octanol–water partition coefficient (Wildman–Crippen LogP) is 14.1. The van der Waals surface area contributed by atoms with Crippen molar-refractivity contribution < 1.29 is 9.66 Å². The molecule has 0 amide bonds. The maximum absolute atomic E-state index is 11.1. The number of anilines is 6. The van der Waals surface area contributed by atoms with Crippen molar-refractivity contribution in [3.63, 3.8) is 0 Å². The van der Waals surface area contributed by atoms with Crippen LogP contribution in [-0.2, 0) is 16.8 Å². The summed E-state index contributed by atoms with van der Waals surface area (Å²) in [7, 11) is 0. The van der Waals surface area contributed by atoms with Gasteiger partial charge in [0.1, 0.15) is 0 Å². The number of nitrogens with zero attached hydrogens (tertiary/aromatic N) is 3. The molecule has 58 heavy (non-hydrogen) atoms. The monoisotopic (exact) mass is 765 g/mol. The summed E-state index contributed by atoms with van der Waals surface area (Å²) < 4.78 is 6.13. The van der Waals surface area contributed by atoms with Crippen molar-refractivity contribution in [2.24, 2.45) is 0 Å². The van der Waals surface area contributed by atoms with Gasteiger partial charge in [0, 0.05) is 58.3 Å². The van der Waals surface area contributed by atoms with E-state index in [0.29, 0.717) is 13.2 Å². The summed E-state index contributed by atoms with van der Waals surface area (Å²) in [6.45, 7) is 11.8. The largest absolute Gasteiger partial charge is 0.377 e. The minimum absolute atomic E-state index is 0.0817. The number of nitro benzene ring substituents is 1. The highest BCUT2D eigenvalue weighted by atomic mass is 16.6. The van der Waals surface area contributed by atoms with E-state index in [1.165, 1.54) is 45.5 Å². The number of ether oxygens (including phenoxy) is 1. The lowest BCUT2D eigenvalue weighted by Gasteiger charge is -2.33. The SMILES string of the molecule is Cc1ccc(N(c2ccc(C)cc2)c2ccc(C(C)(CCCOCc3ccc([N+](=O)[O-])cc3)c3ccc(N(c4ccc(C)cc4)c4ccc(C)cc4)cc3)cc2)cc1. The first-order chi connectivity index (χ1) is 28.1. The molecular formula is C52H51N3O3. The van der Waals surface area contributed by atoms with Crippen LogP contribution in [0.4, 0.5) is 39.8 Å². The fourth-order valence-electron chi connectivity index (χ4n) is 7.51. The van der Waals surface area contributed by atoms with Gasteiger partial charge in [0.05, 0.1) is 11.5 Å². The van der Waals surface area contributed by atoms with Gasteiger partial charge in [-0.3, -0.25) is 10.1 Å². The van der Waals surface area contributed by atoms with Gasteiger partial charge >= 0.3 is 0 Å². The Morgan fingerprint density at radius 3 is 1.10 bits per heavy atom. The normalized spacial score (nSPS) is 11.3. The number of hydrogen-bond acceptors (Lipinski definition) is 5. The highest BCUT2D eigenvalue weighted by molar-refractivity contribution is 5.78. The smallest absolute Gasteiger partial charge is 0.269 e. The lowest BCUT2D eigenvalue weighted by atomic mass is 9.73. The summed E-state index contributed by atoms with van der Waals surface area (Å²) in [6, 6.07) is 59.4. The van der Waals surface area contributed by atoms with E-state index in [2.05, 4.69) is 190 Å². The molecular weight excluding hydrogens is 715 g/mol. The molecule has 6 nitrogen and oxygen atoms in total. The Labute approximate surface area is 343 Å². The Balaban J connectivity index is 1.20. The van der Waals surface area contributed by atoms with Crippen molar-refractivity contribution in [1.29, 1.82) is 0 Å². The maximum Gasteiger partial charge on any atom is 0.269 e. The number of aryl methyl sites for hydroxylation is 4. The molecule has 0 saturated heterocycles. The van der Waals surface area contributed by atoms with Crippen LogP contribution in [0.2, 0.25) is 0 Å². The molecule has 0 atom stereocenters. The Hall–Kier alpha value is -6.50. The van der Waals surface area contributed by atoms with E-state index >= 15 is 0 Å². The third-order valence-electron chi connectivity index (χ3n) is 11.1. The summed E-state index contributed by atoms with van der Waals surface area (Å²) in [5, 5.41) is 11.1. The Morgan fingerprint density at radius 1 is 0.483 bits per heavy atom. The molecule has 0 bridgehead atoms. The number of nitro groups is 1. The second-order valence-electron chi connectivity index (χ2n) is 15.5. The third-order valence-corrected chi connectivity index (χ3v) is 11.1. The second kappa shape index (κ2) is 17.7. The average Bonchev–Trinajstić information content (AvgIpc) is 3.24. The average molecular weight is 766 g/mol. The molecule has 7 aromatic rings. The Kier molecular flexibility index (Phi) is 12.2. The van der Waals surface area contributed by atoms with E-state index in [9.17, 15) is 10.1 Å². The zero-order chi connectivity index (χ0) is 40.6. The van der Waals surface area contributed by atoms with Gasteiger partial charge in [0.25, 0.3) is 5.69 Å². The van der Waals surface area contributed by atoms with Crippen LogP contribution in [-0.4, -0.2) is 11.5 Å². The molecule has 6 heteroatoms. The van der Waals surface area contributed by atoms with Crippen molar-refractivity contribution in [2.75, 3.05) is 16.4 Å². The van der Waals surface area contributed by atoms with Crippen molar-refractivity contribution in [2.45, 2.75) is 59.5 Å². The molecule has 7 rings (SSSR count). The van der Waals surface area contributed by atoms with Crippen LogP contribution in [0.15, 0.2) is 170 Å². The third kappa shape index (κ3) is 9.20. The lowest BCUT2D eigenvalue weighted by Crippen LogP contribution is -2.24. The van der Waals surface area contributed by atoms with Crippen LogP contribution >= 0.6 is 0 Å². The molecule has 0 fully saturated rings. The van der Waals surface area contributed by atoms with Gasteiger partial charge in [-0.25, -0.2) is 0 Å². The predicted molar refractivity (Wildman–Crippen MR) is 240 cm³/mol. The summed E-state index contributed by atoms with van der Waals surface area (Å²) in [4.78, 5) is 15.4. The van der Waals surface area contributed by atoms with Gasteiger partial charge in [-0.05, 0) is 142 Å². The van der Waals surface area contributed by atoms with Crippen molar-refractivity contribution in [1.82, 2.24) is 0 Å². The Bertz CT molecular complexity index is 2180. The zero-order valence-corrected chi connectivity index (χ0v) is 34.1. The maximum atomic E-state index is 11.1. The molecule has 0 aromatic heterocycles. The summed E-state index contributed by atoms with van der Waals surface area (Å²) in [5.74, 6) is 0. The topological polar surface area (TPSA) is 58.9 Å². The van der Waals surface area contributed by atoms with E-state index in [1.54, 1.807) is 12.1 Å². The van der Waals surface area contributed by atoms with Crippen LogP contribution in [0.25, 0.3) is 0 Å². The molecule has 0 saturated carbocycles. The molecule has 0 spiro atoms. The van der Waals surface area contributed by atoms with Crippen LogP contribution in [0, 0.1) is 37.8 Å². The second-order valence-corrected chi connectivity index (χ2v) is 15.5. The summed E-state index contributed by atoms with van der Waals surface area (Å²) in [6.07, 6.45) is 1.68. The molecule has 0 heterocycles. The minimum Gasteiger partial charge on any atom is -0.377 e. The first-order valence-electron chi connectivity index (χ1n) is 20.0. The highest BCUT2D eigenvalue weighted by Crippen LogP contribution is 2.42. The Morgan fingerprint density at radius 2 is 0.793 bits per heavy atom. The first kappa shape index (κ1) is 39.7. The number of benzene rings is 7. The zero-order valence-electron chi connectivity index (χ0n) is 34.1.